The summed E-state index contributed by atoms with van der Waals surface area (Å²) in [6.07, 6.45) is 6.57. The molecule has 3 nitrogen and oxygen atoms in total. The molecule has 1 aliphatic heterocycles. The Morgan fingerprint density at radius 1 is 1.30 bits per heavy atom. The van der Waals surface area contributed by atoms with Crippen LogP contribution in [0.1, 0.15) is 44.1 Å². The van der Waals surface area contributed by atoms with Crippen LogP contribution in [0.25, 0.3) is 0 Å². The minimum Gasteiger partial charge on any atom is -0.342 e. The van der Waals surface area contributed by atoms with E-state index in [0.717, 1.165) is 68.5 Å². The zero-order valence-electron chi connectivity index (χ0n) is 14.0. The van der Waals surface area contributed by atoms with Gasteiger partial charge >= 0.3 is 0 Å². The quantitative estimate of drug-likeness (QED) is 0.865. The number of nitrogens with zero attached hydrogens (tertiary/aromatic N) is 1. The average Bonchev–Trinajstić information content (AvgIpc) is 3.06. The van der Waals surface area contributed by atoms with Gasteiger partial charge in [0.2, 0.25) is 5.91 Å². The molecule has 1 heterocycles. The number of halogens is 1. The molecule has 0 unspecified atom stereocenters. The highest BCUT2D eigenvalue weighted by atomic mass is 79.9. The molecule has 0 spiro atoms. The van der Waals surface area contributed by atoms with Crippen LogP contribution in [0.15, 0.2) is 28.7 Å². The maximum absolute atomic E-state index is 13.4. The van der Waals surface area contributed by atoms with Gasteiger partial charge in [0.15, 0.2) is 0 Å². The predicted molar refractivity (Wildman–Crippen MR) is 97.5 cm³/mol. The number of carbonyl (C=O) groups is 1. The monoisotopic (exact) mass is 378 g/mol. The summed E-state index contributed by atoms with van der Waals surface area (Å²) in [5, 5.41) is 3.27. The molecule has 1 aliphatic carbocycles. The standard InChI is InChI=1S/C19H27BrN2O/c1-21-14-15-7-11-22(12-8-15)18(23)19(9-2-3-10-19)16-5-4-6-17(20)13-16/h4-6,13,15,21H,2-3,7-12,14H2,1H3. The molecule has 0 bridgehead atoms. The summed E-state index contributed by atoms with van der Waals surface area (Å²) < 4.78 is 1.07. The maximum Gasteiger partial charge on any atom is 0.233 e. The van der Waals surface area contributed by atoms with Gasteiger partial charge in [-0.1, -0.05) is 40.9 Å². The molecule has 1 N–H and O–H groups in total. The molecule has 1 aromatic carbocycles. The van der Waals surface area contributed by atoms with Crippen molar-refractivity contribution in [2.45, 2.75) is 43.9 Å². The van der Waals surface area contributed by atoms with E-state index in [9.17, 15) is 4.79 Å². The van der Waals surface area contributed by atoms with Crippen LogP contribution in [0.4, 0.5) is 0 Å². The van der Waals surface area contributed by atoms with Crippen molar-refractivity contribution >= 4 is 21.8 Å². The minimum atomic E-state index is -0.278. The van der Waals surface area contributed by atoms with E-state index in [2.05, 4.69) is 44.3 Å². The normalized spacial score (nSPS) is 21.6. The lowest BCUT2D eigenvalue weighted by Gasteiger charge is -2.39. The fourth-order valence-electron chi connectivity index (χ4n) is 4.32. The van der Waals surface area contributed by atoms with Gasteiger partial charge in [-0.05, 0) is 62.9 Å². The molecular weight excluding hydrogens is 352 g/mol. The van der Waals surface area contributed by atoms with Crippen LogP contribution in [-0.4, -0.2) is 37.5 Å². The number of nitrogens with one attached hydrogen (secondary N) is 1. The lowest BCUT2D eigenvalue weighted by molar-refractivity contribution is -0.138. The number of benzene rings is 1. The summed E-state index contributed by atoms with van der Waals surface area (Å²) >= 11 is 3.57. The summed E-state index contributed by atoms with van der Waals surface area (Å²) in [4.78, 5) is 15.5. The molecule has 1 saturated carbocycles. The van der Waals surface area contributed by atoms with Crippen LogP contribution in [-0.2, 0) is 10.2 Å². The van der Waals surface area contributed by atoms with Crippen LogP contribution in [0.5, 0.6) is 0 Å². The van der Waals surface area contributed by atoms with Crippen molar-refractivity contribution in [2.24, 2.45) is 5.92 Å². The van der Waals surface area contributed by atoms with Gasteiger partial charge in [-0.25, -0.2) is 0 Å². The Kier molecular flexibility index (Phi) is 5.42. The Morgan fingerprint density at radius 3 is 2.61 bits per heavy atom. The van der Waals surface area contributed by atoms with Gasteiger partial charge in [-0.2, -0.15) is 0 Å². The van der Waals surface area contributed by atoms with E-state index in [1.165, 1.54) is 5.56 Å². The first kappa shape index (κ1) is 17.0. The lowest BCUT2D eigenvalue weighted by atomic mass is 9.77. The first-order valence-corrected chi connectivity index (χ1v) is 9.65. The number of carbonyl (C=O) groups excluding carboxylic acids is 1. The third-order valence-corrected chi connectivity index (χ3v) is 6.13. The third kappa shape index (κ3) is 3.48. The maximum atomic E-state index is 13.4. The van der Waals surface area contributed by atoms with E-state index in [-0.39, 0.29) is 5.41 Å². The summed E-state index contributed by atoms with van der Waals surface area (Å²) in [6, 6.07) is 8.39. The molecule has 3 rings (SSSR count). The summed E-state index contributed by atoms with van der Waals surface area (Å²) in [7, 11) is 2.01. The Balaban J connectivity index is 1.78. The number of rotatable bonds is 4. The average molecular weight is 379 g/mol. The summed E-state index contributed by atoms with van der Waals surface area (Å²) in [6.45, 7) is 2.90. The van der Waals surface area contributed by atoms with Gasteiger partial charge in [0, 0.05) is 17.6 Å². The van der Waals surface area contributed by atoms with Crippen molar-refractivity contribution < 1.29 is 4.79 Å². The van der Waals surface area contributed by atoms with Crippen LogP contribution in [0, 0.1) is 5.92 Å². The Bertz CT molecular complexity index is 546. The van der Waals surface area contributed by atoms with Crippen LogP contribution < -0.4 is 5.32 Å². The Hall–Kier alpha value is -0.870. The number of hydrogen-bond acceptors (Lipinski definition) is 2. The van der Waals surface area contributed by atoms with Crippen LogP contribution in [0.2, 0.25) is 0 Å². The molecule has 0 aromatic heterocycles. The molecule has 0 radical (unpaired) electrons. The molecule has 2 fully saturated rings. The van der Waals surface area contributed by atoms with Gasteiger partial charge in [0.1, 0.15) is 0 Å². The van der Waals surface area contributed by atoms with Gasteiger partial charge in [0.05, 0.1) is 5.41 Å². The summed E-state index contributed by atoms with van der Waals surface area (Å²) in [5.41, 5.74) is 0.923. The lowest BCUT2D eigenvalue weighted by Crippen LogP contribution is -2.49. The van der Waals surface area contributed by atoms with Gasteiger partial charge < -0.3 is 10.2 Å². The molecule has 23 heavy (non-hydrogen) atoms. The zero-order valence-corrected chi connectivity index (χ0v) is 15.6. The van der Waals surface area contributed by atoms with E-state index in [1.807, 2.05) is 13.1 Å². The topological polar surface area (TPSA) is 32.3 Å². The minimum absolute atomic E-state index is 0.278. The smallest absolute Gasteiger partial charge is 0.233 e. The first-order valence-electron chi connectivity index (χ1n) is 8.86. The van der Waals surface area contributed by atoms with Crippen molar-refractivity contribution in [1.29, 1.82) is 0 Å². The van der Waals surface area contributed by atoms with Gasteiger partial charge in [-0.15, -0.1) is 0 Å². The van der Waals surface area contributed by atoms with Crippen LogP contribution >= 0.6 is 15.9 Å². The second kappa shape index (κ2) is 7.35. The Morgan fingerprint density at radius 2 is 2.00 bits per heavy atom. The molecule has 126 valence electrons. The van der Waals surface area contributed by atoms with Crippen molar-refractivity contribution in [3.63, 3.8) is 0 Å². The molecule has 1 amide bonds. The van der Waals surface area contributed by atoms with Crippen molar-refractivity contribution in [3.05, 3.63) is 34.3 Å². The third-order valence-electron chi connectivity index (χ3n) is 5.64. The number of hydrogen-bond donors (Lipinski definition) is 1. The SMILES string of the molecule is CNCC1CCN(C(=O)C2(c3cccc(Br)c3)CCCC2)CC1. The largest absolute Gasteiger partial charge is 0.342 e. The van der Waals surface area contributed by atoms with Crippen molar-refractivity contribution in [1.82, 2.24) is 10.2 Å². The second-order valence-corrected chi connectivity index (χ2v) is 8.01. The molecule has 1 aromatic rings. The molecule has 4 heteroatoms. The van der Waals surface area contributed by atoms with Crippen molar-refractivity contribution in [3.8, 4) is 0 Å². The second-order valence-electron chi connectivity index (χ2n) is 7.09. The van der Waals surface area contributed by atoms with Gasteiger partial charge in [-0.3, -0.25) is 4.79 Å². The predicted octanol–water partition coefficient (Wildman–Crippen LogP) is 3.72. The van der Waals surface area contributed by atoms with Gasteiger partial charge in [0.25, 0.3) is 0 Å². The molecule has 1 saturated heterocycles. The zero-order chi connectivity index (χ0) is 16.3. The highest BCUT2D eigenvalue weighted by molar-refractivity contribution is 9.10. The highest BCUT2D eigenvalue weighted by Crippen LogP contribution is 2.43. The highest BCUT2D eigenvalue weighted by Gasteiger charge is 2.45. The van der Waals surface area contributed by atoms with E-state index in [1.54, 1.807) is 0 Å². The van der Waals surface area contributed by atoms with E-state index in [4.69, 9.17) is 0 Å². The van der Waals surface area contributed by atoms with E-state index < -0.39 is 0 Å². The number of likely N-dealkylation sites (tertiary alicyclic amines) is 1. The summed E-state index contributed by atoms with van der Waals surface area (Å²) in [5.74, 6) is 1.09. The molecular formula is C19H27BrN2O. The number of piperidine rings is 1. The fourth-order valence-corrected chi connectivity index (χ4v) is 4.72. The van der Waals surface area contributed by atoms with Crippen molar-refractivity contribution in [2.75, 3.05) is 26.7 Å². The van der Waals surface area contributed by atoms with E-state index in [0.29, 0.717) is 5.91 Å². The first-order chi connectivity index (χ1) is 11.2. The number of amides is 1. The fraction of sp³-hybridized carbons (Fsp3) is 0.632. The van der Waals surface area contributed by atoms with Crippen LogP contribution in [0.3, 0.4) is 0 Å². The molecule has 2 aliphatic rings. The van der Waals surface area contributed by atoms with E-state index >= 15 is 0 Å². The molecule has 0 atom stereocenters. The Labute approximate surface area is 148 Å².